The van der Waals surface area contributed by atoms with E-state index in [1.807, 2.05) is 18.7 Å². The topological polar surface area (TPSA) is 20.3 Å². The van der Waals surface area contributed by atoms with E-state index in [9.17, 15) is 4.79 Å². The number of carbonyl (C=O) groups is 1. The minimum atomic E-state index is 0.257. The summed E-state index contributed by atoms with van der Waals surface area (Å²) in [5.74, 6) is 0.823. The van der Waals surface area contributed by atoms with E-state index in [0.29, 0.717) is 12.3 Å². The maximum Gasteiger partial charge on any atom is 0.222 e. The molecule has 0 spiro atoms. The van der Waals surface area contributed by atoms with Gasteiger partial charge in [0.15, 0.2) is 0 Å². The van der Waals surface area contributed by atoms with E-state index in [4.69, 9.17) is 0 Å². The molecule has 2 heteroatoms. The summed E-state index contributed by atoms with van der Waals surface area (Å²) in [4.78, 5) is 13.8. The van der Waals surface area contributed by atoms with E-state index in [-0.39, 0.29) is 5.91 Å². The van der Waals surface area contributed by atoms with Crippen molar-refractivity contribution >= 4 is 5.91 Å². The standard InChI is InChI=1S/C16H25NO/c1-5-17(6-2)16(18)12-9-14-7-10-15(11-8-14)13(3)4/h7-8,10-11,13H,5-6,9,12H2,1-4H3. The van der Waals surface area contributed by atoms with Crippen LogP contribution >= 0.6 is 0 Å². The average Bonchev–Trinajstić information content (AvgIpc) is 2.38. The van der Waals surface area contributed by atoms with Gasteiger partial charge in [-0.2, -0.15) is 0 Å². The molecule has 0 aliphatic carbocycles. The summed E-state index contributed by atoms with van der Waals surface area (Å²) in [5.41, 5.74) is 2.61. The van der Waals surface area contributed by atoms with Crippen molar-refractivity contribution in [2.24, 2.45) is 0 Å². The molecule has 1 amide bonds. The molecule has 0 heterocycles. The van der Waals surface area contributed by atoms with Crippen LogP contribution in [0.1, 0.15) is 51.2 Å². The number of hydrogen-bond acceptors (Lipinski definition) is 1. The first kappa shape index (κ1) is 14.7. The Morgan fingerprint density at radius 1 is 1.11 bits per heavy atom. The highest BCUT2D eigenvalue weighted by atomic mass is 16.2. The molecule has 0 N–H and O–H groups in total. The maximum absolute atomic E-state index is 11.9. The van der Waals surface area contributed by atoms with Gasteiger partial charge in [-0.25, -0.2) is 0 Å². The van der Waals surface area contributed by atoms with Crippen LogP contribution in [-0.4, -0.2) is 23.9 Å². The Morgan fingerprint density at radius 3 is 2.11 bits per heavy atom. The summed E-state index contributed by atoms with van der Waals surface area (Å²) in [6.07, 6.45) is 1.45. The molecule has 0 unspecified atom stereocenters. The SMILES string of the molecule is CCN(CC)C(=O)CCc1ccc(C(C)C)cc1. The number of aryl methyl sites for hydroxylation is 1. The van der Waals surface area contributed by atoms with Gasteiger partial charge in [0.1, 0.15) is 0 Å². The van der Waals surface area contributed by atoms with Crippen LogP contribution in [-0.2, 0) is 11.2 Å². The average molecular weight is 247 g/mol. The molecule has 1 aromatic carbocycles. The molecule has 0 atom stereocenters. The zero-order valence-electron chi connectivity index (χ0n) is 12.1. The molecular formula is C16H25NO. The van der Waals surface area contributed by atoms with Gasteiger partial charge in [-0.15, -0.1) is 0 Å². The van der Waals surface area contributed by atoms with Gasteiger partial charge in [-0.05, 0) is 37.3 Å². The van der Waals surface area contributed by atoms with Crippen molar-refractivity contribution in [3.63, 3.8) is 0 Å². The van der Waals surface area contributed by atoms with Gasteiger partial charge in [0.25, 0.3) is 0 Å². The summed E-state index contributed by atoms with van der Waals surface area (Å²) < 4.78 is 0. The van der Waals surface area contributed by atoms with Crippen LogP contribution in [0.15, 0.2) is 24.3 Å². The van der Waals surface area contributed by atoms with Crippen LogP contribution in [0.5, 0.6) is 0 Å². The Morgan fingerprint density at radius 2 is 1.67 bits per heavy atom. The molecule has 1 aromatic rings. The smallest absolute Gasteiger partial charge is 0.222 e. The summed E-state index contributed by atoms with van der Waals surface area (Å²) >= 11 is 0. The maximum atomic E-state index is 11.9. The zero-order chi connectivity index (χ0) is 13.5. The van der Waals surface area contributed by atoms with Crippen LogP contribution in [0.2, 0.25) is 0 Å². The molecule has 0 saturated heterocycles. The highest BCUT2D eigenvalue weighted by molar-refractivity contribution is 5.76. The van der Waals surface area contributed by atoms with Gasteiger partial charge in [0.05, 0.1) is 0 Å². The number of hydrogen-bond donors (Lipinski definition) is 0. The Kier molecular flexibility index (Phi) is 5.90. The molecule has 0 fully saturated rings. The highest BCUT2D eigenvalue weighted by Gasteiger charge is 2.09. The van der Waals surface area contributed by atoms with E-state index in [2.05, 4.69) is 38.1 Å². The Bertz CT molecular complexity index is 363. The second-order valence-corrected chi connectivity index (χ2v) is 4.96. The summed E-state index contributed by atoms with van der Waals surface area (Å²) in [7, 11) is 0. The van der Waals surface area contributed by atoms with Crippen molar-refractivity contribution in [1.82, 2.24) is 4.90 Å². The third kappa shape index (κ3) is 4.17. The van der Waals surface area contributed by atoms with Crippen molar-refractivity contribution in [2.45, 2.75) is 46.5 Å². The van der Waals surface area contributed by atoms with E-state index >= 15 is 0 Å². The normalized spacial score (nSPS) is 10.7. The number of amides is 1. The Hall–Kier alpha value is -1.31. The lowest BCUT2D eigenvalue weighted by Gasteiger charge is -2.18. The van der Waals surface area contributed by atoms with Crippen LogP contribution in [0.4, 0.5) is 0 Å². The van der Waals surface area contributed by atoms with E-state index in [1.54, 1.807) is 0 Å². The molecule has 0 radical (unpaired) electrons. The summed E-state index contributed by atoms with van der Waals surface area (Å²) in [5, 5.41) is 0. The van der Waals surface area contributed by atoms with Gasteiger partial charge >= 0.3 is 0 Å². The van der Waals surface area contributed by atoms with E-state index < -0.39 is 0 Å². The number of rotatable bonds is 6. The lowest BCUT2D eigenvalue weighted by molar-refractivity contribution is -0.130. The van der Waals surface area contributed by atoms with Crippen molar-refractivity contribution < 1.29 is 4.79 Å². The number of nitrogens with zero attached hydrogens (tertiary/aromatic N) is 1. The Labute approximate surface area is 111 Å². The molecule has 1 rings (SSSR count). The van der Waals surface area contributed by atoms with Crippen molar-refractivity contribution in [3.8, 4) is 0 Å². The monoisotopic (exact) mass is 247 g/mol. The van der Waals surface area contributed by atoms with Gasteiger partial charge in [0.2, 0.25) is 5.91 Å². The predicted octanol–water partition coefficient (Wildman–Crippen LogP) is 3.61. The van der Waals surface area contributed by atoms with E-state index in [0.717, 1.165) is 19.5 Å². The second-order valence-electron chi connectivity index (χ2n) is 4.96. The lowest BCUT2D eigenvalue weighted by Crippen LogP contribution is -2.30. The number of carbonyl (C=O) groups excluding carboxylic acids is 1. The minimum Gasteiger partial charge on any atom is -0.343 e. The fraction of sp³-hybridized carbons (Fsp3) is 0.562. The highest BCUT2D eigenvalue weighted by Crippen LogP contribution is 2.15. The number of benzene rings is 1. The van der Waals surface area contributed by atoms with Crippen molar-refractivity contribution in [1.29, 1.82) is 0 Å². The van der Waals surface area contributed by atoms with Gasteiger partial charge in [-0.1, -0.05) is 38.1 Å². The van der Waals surface area contributed by atoms with Crippen LogP contribution in [0.25, 0.3) is 0 Å². The quantitative estimate of drug-likeness (QED) is 0.752. The van der Waals surface area contributed by atoms with Crippen LogP contribution in [0, 0.1) is 0 Å². The van der Waals surface area contributed by atoms with E-state index in [1.165, 1.54) is 11.1 Å². The third-order valence-electron chi connectivity index (χ3n) is 3.39. The molecule has 0 bridgehead atoms. The van der Waals surface area contributed by atoms with Crippen molar-refractivity contribution in [2.75, 3.05) is 13.1 Å². The van der Waals surface area contributed by atoms with Gasteiger partial charge < -0.3 is 4.90 Å². The molecule has 18 heavy (non-hydrogen) atoms. The van der Waals surface area contributed by atoms with Crippen LogP contribution in [0.3, 0.4) is 0 Å². The van der Waals surface area contributed by atoms with Gasteiger partial charge in [0, 0.05) is 19.5 Å². The van der Waals surface area contributed by atoms with Crippen molar-refractivity contribution in [3.05, 3.63) is 35.4 Å². The van der Waals surface area contributed by atoms with Gasteiger partial charge in [-0.3, -0.25) is 4.79 Å². The minimum absolute atomic E-state index is 0.257. The predicted molar refractivity (Wildman–Crippen MR) is 76.8 cm³/mol. The zero-order valence-corrected chi connectivity index (χ0v) is 12.1. The molecule has 0 aliphatic rings. The molecular weight excluding hydrogens is 222 g/mol. The third-order valence-corrected chi connectivity index (χ3v) is 3.39. The molecule has 0 aromatic heterocycles. The molecule has 0 saturated carbocycles. The molecule has 2 nitrogen and oxygen atoms in total. The summed E-state index contributed by atoms with van der Waals surface area (Å²) in [6.45, 7) is 10.1. The van der Waals surface area contributed by atoms with Crippen LogP contribution < -0.4 is 0 Å². The fourth-order valence-electron chi connectivity index (χ4n) is 2.05. The fourth-order valence-corrected chi connectivity index (χ4v) is 2.05. The summed E-state index contributed by atoms with van der Waals surface area (Å²) in [6, 6.07) is 8.62. The Balaban J connectivity index is 2.51. The molecule has 0 aliphatic heterocycles. The first-order chi connectivity index (χ1) is 8.58. The molecule has 100 valence electrons. The first-order valence-corrected chi connectivity index (χ1v) is 6.95. The first-order valence-electron chi connectivity index (χ1n) is 6.95. The lowest BCUT2D eigenvalue weighted by atomic mass is 10.0. The largest absolute Gasteiger partial charge is 0.343 e. The second kappa shape index (κ2) is 7.20.